The van der Waals surface area contributed by atoms with Crippen molar-refractivity contribution in [3.8, 4) is 0 Å². The van der Waals surface area contributed by atoms with Crippen LogP contribution in [0.4, 0.5) is 0 Å². The van der Waals surface area contributed by atoms with Crippen LogP contribution in [0.3, 0.4) is 0 Å². The van der Waals surface area contributed by atoms with Gasteiger partial charge in [-0.3, -0.25) is 4.79 Å². The van der Waals surface area contributed by atoms with Gasteiger partial charge in [-0.25, -0.2) is 0 Å². The quantitative estimate of drug-likeness (QED) is 0.168. The SMILES string of the molecule is CCCCCCCCCSC(=O)CCCCCCCI. The van der Waals surface area contributed by atoms with E-state index in [1.165, 1.54) is 75.1 Å². The largest absolute Gasteiger partial charge is 0.287 e. The van der Waals surface area contributed by atoms with E-state index in [1.807, 2.05) is 0 Å². The number of carbonyl (C=O) groups is 1. The Balaban J connectivity index is 3.12. The third-order valence-corrected chi connectivity index (χ3v) is 5.31. The van der Waals surface area contributed by atoms with Crippen molar-refractivity contribution in [2.45, 2.75) is 90.4 Å². The standard InChI is InChI=1S/C17H33IOS/c1-2-3-4-5-6-10-13-16-20-17(19)14-11-8-7-9-12-15-18/h2-16H2,1H3. The maximum Gasteiger partial charge on any atom is 0.188 e. The van der Waals surface area contributed by atoms with Crippen LogP contribution in [-0.2, 0) is 4.79 Å². The molecular weight excluding hydrogens is 379 g/mol. The molecule has 0 aliphatic heterocycles. The summed E-state index contributed by atoms with van der Waals surface area (Å²) in [6.45, 7) is 2.26. The van der Waals surface area contributed by atoms with Gasteiger partial charge in [-0.1, -0.05) is 99.1 Å². The Labute approximate surface area is 144 Å². The summed E-state index contributed by atoms with van der Waals surface area (Å²) < 4.78 is 1.27. The molecule has 0 aromatic rings. The zero-order chi connectivity index (χ0) is 14.9. The summed E-state index contributed by atoms with van der Waals surface area (Å²) in [5, 5.41) is 0.421. The number of thioether (sulfide) groups is 1. The van der Waals surface area contributed by atoms with Gasteiger partial charge in [0.25, 0.3) is 0 Å². The van der Waals surface area contributed by atoms with Crippen molar-refractivity contribution in [3.05, 3.63) is 0 Å². The van der Waals surface area contributed by atoms with Gasteiger partial charge in [-0.2, -0.15) is 0 Å². The number of unbranched alkanes of at least 4 members (excludes halogenated alkanes) is 10. The van der Waals surface area contributed by atoms with Crippen LogP contribution in [-0.4, -0.2) is 15.3 Å². The highest BCUT2D eigenvalue weighted by atomic mass is 127. The Kier molecular flexibility index (Phi) is 18.5. The number of hydrogen-bond donors (Lipinski definition) is 0. The number of carbonyl (C=O) groups excluding carboxylic acids is 1. The first kappa shape index (κ1) is 20.8. The minimum atomic E-state index is 0.421. The van der Waals surface area contributed by atoms with Crippen LogP contribution >= 0.6 is 34.4 Å². The van der Waals surface area contributed by atoms with Crippen molar-refractivity contribution in [1.82, 2.24) is 0 Å². The van der Waals surface area contributed by atoms with E-state index < -0.39 is 0 Å². The van der Waals surface area contributed by atoms with Crippen LogP contribution < -0.4 is 0 Å². The highest BCUT2D eigenvalue weighted by molar-refractivity contribution is 14.1. The number of halogens is 1. The van der Waals surface area contributed by atoms with E-state index in [0.29, 0.717) is 5.12 Å². The molecule has 0 aliphatic carbocycles. The zero-order valence-corrected chi connectivity index (χ0v) is 16.3. The highest BCUT2D eigenvalue weighted by Crippen LogP contribution is 2.15. The van der Waals surface area contributed by atoms with Gasteiger partial charge in [0.05, 0.1) is 0 Å². The number of alkyl halides is 1. The van der Waals surface area contributed by atoms with E-state index in [0.717, 1.165) is 18.6 Å². The summed E-state index contributed by atoms with van der Waals surface area (Å²) in [5.74, 6) is 1.04. The summed E-state index contributed by atoms with van der Waals surface area (Å²) in [6.07, 6.45) is 16.5. The molecule has 0 saturated carbocycles. The second kappa shape index (κ2) is 17.8. The molecule has 20 heavy (non-hydrogen) atoms. The van der Waals surface area contributed by atoms with Gasteiger partial charge in [0.15, 0.2) is 5.12 Å². The first-order valence-corrected chi connectivity index (χ1v) is 11.0. The molecular formula is C17H33IOS. The molecule has 0 aliphatic rings. The number of hydrogen-bond acceptors (Lipinski definition) is 2. The fourth-order valence-electron chi connectivity index (χ4n) is 2.21. The van der Waals surface area contributed by atoms with Gasteiger partial charge in [-0.05, 0) is 23.7 Å². The van der Waals surface area contributed by atoms with Crippen LogP contribution in [0.1, 0.15) is 90.4 Å². The van der Waals surface area contributed by atoms with Gasteiger partial charge >= 0.3 is 0 Å². The van der Waals surface area contributed by atoms with E-state index in [-0.39, 0.29) is 0 Å². The molecule has 0 fully saturated rings. The van der Waals surface area contributed by atoms with Crippen molar-refractivity contribution < 1.29 is 4.79 Å². The molecule has 0 saturated heterocycles. The minimum absolute atomic E-state index is 0.421. The Morgan fingerprint density at radius 1 is 0.800 bits per heavy atom. The summed E-state index contributed by atoms with van der Waals surface area (Å²) in [7, 11) is 0. The number of rotatable bonds is 15. The summed E-state index contributed by atoms with van der Waals surface area (Å²) >= 11 is 4.01. The molecule has 120 valence electrons. The fourth-order valence-corrected chi connectivity index (χ4v) is 3.62. The molecule has 0 rings (SSSR count). The first-order valence-electron chi connectivity index (χ1n) is 8.52. The van der Waals surface area contributed by atoms with Crippen LogP contribution in [0.25, 0.3) is 0 Å². The molecule has 0 atom stereocenters. The summed E-state index contributed by atoms with van der Waals surface area (Å²) in [4.78, 5) is 11.7. The lowest BCUT2D eigenvalue weighted by atomic mass is 10.1. The molecule has 0 unspecified atom stereocenters. The predicted molar refractivity (Wildman–Crippen MR) is 102 cm³/mol. The maximum absolute atomic E-state index is 11.7. The van der Waals surface area contributed by atoms with Crippen LogP contribution in [0.2, 0.25) is 0 Å². The van der Waals surface area contributed by atoms with Gasteiger partial charge < -0.3 is 0 Å². The molecule has 0 bridgehead atoms. The molecule has 0 heterocycles. The maximum atomic E-state index is 11.7. The Bertz CT molecular complexity index is 209. The lowest BCUT2D eigenvalue weighted by molar-refractivity contribution is -0.111. The van der Waals surface area contributed by atoms with Crippen molar-refractivity contribution in [3.63, 3.8) is 0 Å². The lowest BCUT2D eigenvalue weighted by Crippen LogP contribution is -1.94. The van der Waals surface area contributed by atoms with Crippen molar-refractivity contribution in [2.24, 2.45) is 0 Å². The monoisotopic (exact) mass is 412 g/mol. The zero-order valence-electron chi connectivity index (χ0n) is 13.3. The van der Waals surface area contributed by atoms with E-state index in [4.69, 9.17) is 0 Å². The van der Waals surface area contributed by atoms with Gasteiger partial charge in [0, 0.05) is 12.2 Å². The van der Waals surface area contributed by atoms with E-state index in [9.17, 15) is 4.79 Å². The van der Waals surface area contributed by atoms with E-state index >= 15 is 0 Å². The average Bonchev–Trinajstić information content (AvgIpc) is 2.45. The van der Waals surface area contributed by atoms with E-state index in [2.05, 4.69) is 29.5 Å². The Morgan fingerprint density at radius 3 is 2.00 bits per heavy atom. The molecule has 0 radical (unpaired) electrons. The smallest absolute Gasteiger partial charge is 0.188 e. The van der Waals surface area contributed by atoms with Crippen LogP contribution in [0.15, 0.2) is 0 Å². The van der Waals surface area contributed by atoms with Gasteiger partial charge in [-0.15, -0.1) is 0 Å². The lowest BCUT2D eigenvalue weighted by Gasteiger charge is -2.02. The van der Waals surface area contributed by atoms with Gasteiger partial charge in [0.1, 0.15) is 0 Å². The average molecular weight is 412 g/mol. The van der Waals surface area contributed by atoms with E-state index in [1.54, 1.807) is 11.8 Å². The molecule has 0 N–H and O–H groups in total. The van der Waals surface area contributed by atoms with Crippen LogP contribution in [0.5, 0.6) is 0 Å². The Hall–Kier alpha value is 0.750. The van der Waals surface area contributed by atoms with Crippen molar-refractivity contribution in [2.75, 3.05) is 10.2 Å². The minimum Gasteiger partial charge on any atom is -0.287 e. The third kappa shape index (κ3) is 16.8. The highest BCUT2D eigenvalue weighted by Gasteiger charge is 2.02. The second-order valence-corrected chi connectivity index (χ2v) is 7.78. The van der Waals surface area contributed by atoms with Gasteiger partial charge in [0.2, 0.25) is 0 Å². The molecule has 0 spiro atoms. The normalized spacial score (nSPS) is 10.9. The Morgan fingerprint density at radius 2 is 1.35 bits per heavy atom. The third-order valence-electron chi connectivity index (χ3n) is 3.53. The topological polar surface area (TPSA) is 17.1 Å². The van der Waals surface area contributed by atoms with Crippen LogP contribution in [0, 0.1) is 0 Å². The summed E-state index contributed by atoms with van der Waals surface area (Å²) in [5.41, 5.74) is 0. The summed E-state index contributed by atoms with van der Waals surface area (Å²) in [6, 6.07) is 0. The predicted octanol–water partition coefficient (Wildman–Crippen LogP) is 6.77. The second-order valence-electron chi connectivity index (χ2n) is 5.55. The molecule has 1 nitrogen and oxygen atoms in total. The molecule has 0 aromatic carbocycles. The fraction of sp³-hybridized carbons (Fsp3) is 0.941. The molecule has 0 aromatic heterocycles. The first-order chi connectivity index (χ1) is 9.81. The molecule has 0 amide bonds. The molecule has 3 heteroatoms. The van der Waals surface area contributed by atoms with Crippen molar-refractivity contribution >= 4 is 39.5 Å². The van der Waals surface area contributed by atoms with Crippen molar-refractivity contribution in [1.29, 1.82) is 0 Å².